The van der Waals surface area contributed by atoms with Crippen LogP contribution in [0, 0.1) is 0 Å². The van der Waals surface area contributed by atoms with E-state index in [0.717, 1.165) is 12.2 Å². The van der Waals surface area contributed by atoms with Crippen LogP contribution in [0.1, 0.15) is 37.7 Å². The summed E-state index contributed by atoms with van der Waals surface area (Å²) in [6.07, 6.45) is 7.15. The van der Waals surface area contributed by atoms with Crippen molar-refractivity contribution in [1.82, 2.24) is 10.6 Å². The van der Waals surface area contributed by atoms with Crippen molar-refractivity contribution >= 4 is 5.91 Å². The summed E-state index contributed by atoms with van der Waals surface area (Å²) in [6.45, 7) is 1.10. The molecule has 0 atom stereocenters. The summed E-state index contributed by atoms with van der Waals surface area (Å²) in [5.74, 6) is 0.946. The van der Waals surface area contributed by atoms with Gasteiger partial charge in [0, 0.05) is 12.6 Å². The number of methoxy groups -OCH3 is 1. The summed E-state index contributed by atoms with van der Waals surface area (Å²) in [6, 6.07) is 8.49. The molecule has 1 aliphatic rings. The van der Waals surface area contributed by atoms with Gasteiger partial charge < -0.3 is 15.4 Å². The van der Waals surface area contributed by atoms with Crippen LogP contribution >= 0.6 is 0 Å². The minimum absolute atomic E-state index is 0.0865. The minimum atomic E-state index is 0.0865. The lowest BCUT2D eigenvalue weighted by Gasteiger charge is -2.22. The quantitative estimate of drug-likeness (QED) is 0.810. The first kappa shape index (κ1) is 15.8. The molecule has 1 saturated carbocycles. The molecule has 1 amide bonds. The van der Waals surface area contributed by atoms with Crippen LogP contribution in [-0.2, 0) is 11.2 Å². The highest BCUT2D eigenvalue weighted by Crippen LogP contribution is 2.17. The average molecular weight is 290 g/mol. The number of carbonyl (C=O) groups excluding carboxylic acids is 1. The zero-order valence-electron chi connectivity index (χ0n) is 12.9. The lowest BCUT2D eigenvalue weighted by atomic mass is 9.95. The fraction of sp³-hybridized carbons (Fsp3) is 0.588. The van der Waals surface area contributed by atoms with Gasteiger partial charge in [-0.2, -0.15) is 0 Å². The second kappa shape index (κ2) is 8.67. The van der Waals surface area contributed by atoms with Crippen molar-refractivity contribution in [3.05, 3.63) is 29.8 Å². The van der Waals surface area contributed by atoms with Crippen molar-refractivity contribution in [2.75, 3.05) is 20.2 Å². The molecular formula is C17H26N2O2. The number of amides is 1. The van der Waals surface area contributed by atoms with Gasteiger partial charge in [0.1, 0.15) is 5.75 Å². The molecule has 0 heterocycles. The Morgan fingerprint density at radius 2 is 2.10 bits per heavy atom. The third kappa shape index (κ3) is 5.76. The van der Waals surface area contributed by atoms with Gasteiger partial charge in [-0.15, -0.1) is 0 Å². The minimum Gasteiger partial charge on any atom is -0.497 e. The molecule has 116 valence electrons. The first-order valence-electron chi connectivity index (χ1n) is 7.91. The number of carbonyl (C=O) groups is 1. The molecule has 2 rings (SSSR count). The molecule has 0 aromatic heterocycles. The lowest BCUT2D eigenvalue weighted by molar-refractivity contribution is -0.120. The van der Waals surface area contributed by atoms with Crippen molar-refractivity contribution in [3.8, 4) is 5.75 Å². The fourth-order valence-corrected chi connectivity index (χ4v) is 2.78. The Bertz CT molecular complexity index is 442. The van der Waals surface area contributed by atoms with Crippen LogP contribution < -0.4 is 15.4 Å². The average Bonchev–Trinajstić information content (AvgIpc) is 2.54. The molecule has 0 spiro atoms. The summed E-state index contributed by atoms with van der Waals surface area (Å²) < 4.78 is 5.19. The van der Waals surface area contributed by atoms with E-state index >= 15 is 0 Å². The zero-order valence-corrected chi connectivity index (χ0v) is 12.9. The maximum absolute atomic E-state index is 11.8. The van der Waals surface area contributed by atoms with Crippen molar-refractivity contribution in [2.45, 2.75) is 44.6 Å². The molecule has 1 fully saturated rings. The zero-order chi connectivity index (χ0) is 14.9. The van der Waals surface area contributed by atoms with E-state index in [0.29, 0.717) is 19.1 Å². The molecule has 1 aromatic rings. The van der Waals surface area contributed by atoms with Crippen LogP contribution in [0.3, 0.4) is 0 Å². The monoisotopic (exact) mass is 290 g/mol. The van der Waals surface area contributed by atoms with E-state index in [1.165, 1.54) is 37.7 Å². The molecule has 2 N–H and O–H groups in total. The van der Waals surface area contributed by atoms with Crippen LogP contribution in [0.2, 0.25) is 0 Å². The van der Waals surface area contributed by atoms with E-state index in [4.69, 9.17) is 4.74 Å². The number of ether oxygens (including phenoxy) is 1. The first-order valence-corrected chi connectivity index (χ1v) is 7.91. The summed E-state index contributed by atoms with van der Waals surface area (Å²) in [5, 5.41) is 6.32. The Morgan fingerprint density at radius 3 is 2.86 bits per heavy atom. The molecule has 4 nitrogen and oxygen atoms in total. The predicted molar refractivity (Wildman–Crippen MR) is 84.6 cm³/mol. The van der Waals surface area contributed by atoms with Gasteiger partial charge in [-0.3, -0.25) is 4.79 Å². The second-order valence-corrected chi connectivity index (χ2v) is 5.67. The Morgan fingerprint density at radius 1 is 1.29 bits per heavy atom. The second-order valence-electron chi connectivity index (χ2n) is 5.67. The SMILES string of the molecule is COc1cccc(CCNC(=O)CNC2CCCCC2)c1. The van der Waals surface area contributed by atoms with Gasteiger partial charge in [-0.1, -0.05) is 31.4 Å². The molecule has 0 aliphatic heterocycles. The molecule has 0 bridgehead atoms. The van der Waals surface area contributed by atoms with Gasteiger partial charge in [-0.05, 0) is 37.0 Å². The van der Waals surface area contributed by atoms with E-state index in [1.807, 2.05) is 18.2 Å². The van der Waals surface area contributed by atoms with Gasteiger partial charge in [0.15, 0.2) is 0 Å². The van der Waals surface area contributed by atoms with Crippen LogP contribution in [0.5, 0.6) is 5.75 Å². The first-order chi connectivity index (χ1) is 10.3. The van der Waals surface area contributed by atoms with E-state index in [9.17, 15) is 4.79 Å². The van der Waals surface area contributed by atoms with Crippen molar-refractivity contribution < 1.29 is 9.53 Å². The third-order valence-electron chi connectivity index (χ3n) is 4.03. The van der Waals surface area contributed by atoms with Crippen LogP contribution in [-0.4, -0.2) is 32.1 Å². The number of rotatable bonds is 7. The summed E-state index contributed by atoms with van der Waals surface area (Å²) in [5.41, 5.74) is 1.18. The Kier molecular flexibility index (Phi) is 6.54. The lowest BCUT2D eigenvalue weighted by Crippen LogP contribution is -2.40. The largest absolute Gasteiger partial charge is 0.497 e. The van der Waals surface area contributed by atoms with Gasteiger partial charge in [0.25, 0.3) is 0 Å². The number of benzene rings is 1. The predicted octanol–water partition coefficient (Wildman–Crippen LogP) is 2.28. The fourth-order valence-electron chi connectivity index (χ4n) is 2.78. The third-order valence-corrected chi connectivity index (χ3v) is 4.03. The summed E-state index contributed by atoms with van der Waals surface area (Å²) >= 11 is 0. The summed E-state index contributed by atoms with van der Waals surface area (Å²) in [4.78, 5) is 11.8. The van der Waals surface area contributed by atoms with Gasteiger partial charge in [0.05, 0.1) is 13.7 Å². The Balaban J connectivity index is 1.62. The Hall–Kier alpha value is -1.55. The normalized spacial score (nSPS) is 15.7. The smallest absolute Gasteiger partial charge is 0.233 e. The van der Waals surface area contributed by atoms with E-state index in [-0.39, 0.29) is 5.91 Å². The van der Waals surface area contributed by atoms with Gasteiger partial charge in [0.2, 0.25) is 5.91 Å². The molecule has 4 heteroatoms. The van der Waals surface area contributed by atoms with Crippen molar-refractivity contribution in [1.29, 1.82) is 0 Å². The molecule has 0 radical (unpaired) electrons. The summed E-state index contributed by atoms with van der Waals surface area (Å²) in [7, 11) is 1.66. The van der Waals surface area contributed by atoms with E-state index in [1.54, 1.807) is 7.11 Å². The highest BCUT2D eigenvalue weighted by Gasteiger charge is 2.13. The van der Waals surface area contributed by atoms with Crippen LogP contribution in [0.25, 0.3) is 0 Å². The van der Waals surface area contributed by atoms with E-state index in [2.05, 4.69) is 16.7 Å². The highest BCUT2D eigenvalue weighted by atomic mass is 16.5. The Labute approximate surface area is 127 Å². The van der Waals surface area contributed by atoms with Crippen molar-refractivity contribution in [3.63, 3.8) is 0 Å². The number of hydrogen-bond donors (Lipinski definition) is 2. The van der Waals surface area contributed by atoms with Crippen LogP contribution in [0.4, 0.5) is 0 Å². The maximum Gasteiger partial charge on any atom is 0.233 e. The molecular weight excluding hydrogens is 264 g/mol. The number of nitrogens with one attached hydrogen (secondary N) is 2. The standard InChI is InChI=1S/C17H26N2O2/c1-21-16-9-5-6-14(12-16)10-11-18-17(20)13-19-15-7-3-2-4-8-15/h5-6,9,12,15,19H,2-4,7-8,10-11,13H2,1H3,(H,18,20). The maximum atomic E-state index is 11.8. The highest BCUT2D eigenvalue weighted by molar-refractivity contribution is 5.78. The van der Waals surface area contributed by atoms with Gasteiger partial charge >= 0.3 is 0 Å². The van der Waals surface area contributed by atoms with Gasteiger partial charge in [-0.25, -0.2) is 0 Å². The van der Waals surface area contributed by atoms with Crippen molar-refractivity contribution in [2.24, 2.45) is 0 Å². The van der Waals surface area contributed by atoms with E-state index < -0.39 is 0 Å². The molecule has 0 saturated heterocycles. The molecule has 0 unspecified atom stereocenters. The molecule has 21 heavy (non-hydrogen) atoms. The number of hydrogen-bond acceptors (Lipinski definition) is 3. The van der Waals surface area contributed by atoms with Crippen LogP contribution in [0.15, 0.2) is 24.3 Å². The molecule has 1 aliphatic carbocycles. The molecule has 1 aromatic carbocycles. The topological polar surface area (TPSA) is 50.4 Å².